The number of hydrogen-bond donors (Lipinski definition) is 2. The molecule has 0 aliphatic carbocycles. The van der Waals surface area contributed by atoms with Gasteiger partial charge in [-0.1, -0.05) is 5.10 Å². The molecule has 3 heterocycles. The van der Waals surface area contributed by atoms with Gasteiger partial charge in [-0.3, -0.25) is 4.98 Å². The van der Waals surface area contributed by atoms with Crippen LogP contribution in [0.4, 0.5) is 6.01 Å². The molecule has 0 atom stereocenters. The molecule has 0 unspecified atom stereocenters. The van der Waals surface area contributed by atoms with Gasteiger partial charge in [-0.25, -0.2) is 0 Å². The zero-order valence-corrected chi connectivity index (χ0v) is 15.5. The number of piperidine rings is 1. The minimum atomic E-state index is 0.0828. The Labute approximate surface area is 147 Å². The summed E-state index contributed by atoms with van der Waals surface area (Å²) < 4.78 is 5.75. The highest BCUT2D eigenvalue weighted by atomic mass is 32.2. The molecule has 24 heavy (non-hydrogen) atoms. The van der Waals surface area contributed by atoms with Gasteiger partial charge in [-0.2, -0.15) is 0 Å². The van der Waals surface area contributed by atoms with Gasteiger partial charge in [0.1, 0.15) is 0 Å². The number of hydrogen-bond acceptors (Lipinski definition) is 7. The molecule has 0 radical (unpaired) electrons. The van der Waals surface area contributed by atoms with Crippen molar-refractivity contribution in [2.75, 3.05) is 5.32 Å². The molecule has 1 aliphatic rings. The van der Waals surface area contributed by atoms with Gasteiger partial charge in [0.05, 0.1) is 5.75 Å². The van der Waals surface area contributed by atoms with Crippen LogP contribution in [0.25, 0.3) is 0 Å². The zero-order chi connectivity index (χ0) is 17.2. The second kappa shape index (κ2) is 6.72. The Morgan fingerprint density at radius 1 is 1.17 bits per heavy atom. The fourth-order valence-electron chi connectivity index (χ4n) is 3.55. The number of nitrogens with one attached hydrogen (secondary N) is 2. The number of thioether (sulfide) groups is 1. The molecule has 1 fully saturated rings. The van der Waals surface area contributed by atoms with E-state index in [9.17, 15) is 0 Å². The van der Waals surface area contributed by atoms with Crippen LogP contribution in [0.5, 0.6) is 0 Å². The fraction of sp³-hybridized carbons (Fsp3) is 0.588. The van der Waals surface area contributed by atoms with Crippen LogP contribution in [0.2, 0.25) is 0 Å². The highest BCUT2D eigenvalue weighted by molar-refractivity contribution is 7.98. The maximum absolute atomic E-state index is 5.75. The molecule has 0 saturated carbocycles. The van der Waals surface area contributed by atoms with Crippen LogP contribution in [0, 0.1) is 0 Å². The first kappa shape index (κ1) is 17.2. The topological polar surface area (TPSA) is 75.9 Å². The second-order valence-corrected chi connectivity index (χ2v) is 8.66. The van der Waals surface area contributed by atoms with Crippen molar-refractivity contribution in [2.24, 2.45) is 0 Å². The molecule has 0 spiro atoms. The summed E-state index contributed by atoms with van der Waals surface area (Å²) in [5, 5.41) is 15.4. The Morgan fingerprint density at radius 2 is 1.83 bits per heavy atom. The normalized spacial score (nSPS) is 20.0. The van der Waals surface area contributed by atoms with Crippen LogP contribution in [0.15, 0.2) is 33.8 Å². The molecule has 2 aromatic heterocycles. The van der Waals surface area contributed by atoms with Crippen molar-refractivity contribution in [1.82, 2.24) is 20.5 Å². The number of nitrogens with zero attached hydrogens (tertiary/aromatic N) is 3. The van der Waals surface area contributed by atoms with Crippen molar-refractivity contribution in [1.29, 1.82) is 0 Å². The van der Waals surface area contributed by atoms with E-state index in [2.05, 4.69) is 53.5 Å². The average molecular weight is 347 g/mol. The largest absolute Gasteiger partial charge is 0.407 e. The molecule has 3 rings (SSSR count). The van der Waals surface area contributed by atoms with Crippen molar-refractivity contribution >= 4 is 17.8 Å². The summed E-state index contributed by atoms with van der Waals surface area (Å²) in [6, 6.07) is 4.77. The van der Waals surface area contributed by atoms with Gasteiger partial charge >= 0.3 is 6.01 Å². The van der Waals surface area contributed by atoms with Crippen molar-refractivity contribution in [3.05, 3.63) is 30.4 Å². The molecule has 2 N–H and O–H groups in total. The predicted octanol–water partition coefficient (Wildman–Crippen LogP) is 3.48. The summed E-state index contributed by atoms with van der Waals surface area (Å²) in [4.78, 5) is 5.15. The van der Waals surface area contributed by atoms with Crippen molar-refractivity contribution < 1.29 is 4.42 Å². The van der Waals surface area contributed by atoms with E-state index in [1.54, 1.807) is 24.2 Å². The van der Waals surface area contributed by atoms with Gasteiger partial charge in [0.15, 0.2) is 0 Å². The van der Waals surface area contributed by atoms with Gasteiger partial charge < -0.3 is 15.1 Å². The summed E-state index contributed by atoms with van der Waals surface area (Å²) in [6.45, 7) is 8.92. The summed E-state index contributed by atoms with van der Waals surface area (Å²) in [5.41, 5.74) is 0.166. The highest BCUT2D eigenvalue weighted by Crippen LogP contribution is 2.30. The first-order valence-electron chi connectivity index (χ1n) is 8.22. The third-order valence-electron chi connectivity index (χ3n) is 4.00. The predicted molar refractivity (Wildman–Crippen MR) is 96.0 cm³/mol. The standard InChI is InChI=1S/C17H25N5OS/c1-16(2)9-12(10-17(3,4)22-16)19-15-21-20-14(23-15)11-24-13-5-7-18-8-6-13/h5-8,12,22H,9-11H2,1-4H3,(H,19,21). The minimum absolute atomic E-state index is 0.0828. The third kappa shape index (κ3) is 4.70. The van der Waals surface area contributed by atoms with Crippen molar-refractivity contribution in [2.45, 2.75) is 68.3 Å². The first-order valence-corrected chi connectivity index (χ1v) is 9.21. The molecular formula is C17H25N5OS. The summed E-state index contributed by atoms with van der Waals surface area (Å²) in [7, 11) is 0. The average Bonchev–Trinajstić information content (AvgIpc) is 2.90. The maximum atomic E-state index is 5.75. The molecular weight excluding hydrogens is 322 g/mol. The number of anilines is 1. The smallest absolute Gasteiger partial charge is 0.315 e. The summed E-state index contributed by atoms with van der Waals surface area (Å²) >= 11 is 1.66. The molecule has 6 nitrogen and oxygen atoms in total. The second-order valence-electron chi connectivity index (χ2n) is 7.61. The molecule has 1 aliphatic heterocycles. The van der Waals surface area contributed by atoms with Crippen molar-refractivity contribution in [3.63, 3.8) is 0 Å². The lowest BCUT2D eigenvalue weighted by Gasteiger charge is -2.46. The zero-order valence-electron chi connectivity index (χ0n) is 14.7. The van der Waals surface area contributed by atoms with Crippen LogP contribution < -0.4 is 10.6 Å². The van der Waals surface area contributed by atoms with E-state index in [0.717, 1.165) is 17.7 Å². The molecule has 0 bridgehead atoms. The molecule has 7 heteroatoms. The van der Waals surface area contributed by atoms with Gasteiger partial charge in [0.2, 0.25) is 5.89 Å². The molecule has 1 saturated heterocycles. The van der Waals surface area contributed by atoms with E-state index in [1.807, 2.05) is 12.1 Å². The van der Waals surface area contributed by atoms with Gasteiger partial charge in [0, 0.05) is 34.4 Å². The Balaban J connectivity index is 1.57. The van der Waals surface area contributed by atoms with E-state index < -0.39 is 0 Å². The number of aromatic nitrogens is 3. The van der Waals surface area contributed by atoms with E-state index >= 15 is 0 Å². The Bertz CT molecular complexity index is 655. The van der Waals surface area contributed by atoms with E-state index in [-0.39, 0.29) is 11.1 Å². The highest BCUT2D eigenvalue weighted by Gasteiger charge is 2.38. The van der Waals surface area contributed by atoms with E-state index in [0.29, 0.717) is 23.7 Å². The van der Waals surface area contributed by atoms with Gasteiger partial charge in [-0.05, 0) is 52.7 Å². The van der Waals surface area contributed by atoms with Crippen LogP contribution in [-0.2, 0) is 5.75 Å². The molecule has 0 amide bonds. The lowest BCUT2D eigenvalue weighted by atomic mass is 9.80. The molecule has 130 valence electrons. The Morgan fingerprint density at radius 3 is 2.50 bits per heavy atom. The van der Waals surface area contributed by atoms with Crippen LogP contribution in [0.1, 0.15) is 46.4 Å². The van der Waals surface area contributed by atoms with Gasteiger partial charge in [0.25, 0.3) is 0 Å². The first-order chi connectivity index (χ1) is 11.3. The van der Waals surface area contributed by atoms with E-state index in [1.165, 1.54) is 0 Å². The Kier molecular flexibility index (Phi) is 4.83. The van der Waals surface area contributed by atoms with Crippen molar-refractivity contribution in [3.8, 4) is 0 Å². The minimum Gasteiger partial charge on any atom is -0.407 e. The Hall–Kier alpha value is -1.60. The lowest BCUT2D eigenvalue weighted by molar-refractivity contribution is 0.169. The fourth-order valence-corrected chi connectivity index (χ4v) is 4.27. The van der Waals surface area contributed by atoms with Crippen LogP contribution in [-0.4, -0.2) is 32.3 Å². The maximum Gasteiger partial charge on any atom is 0.315 e. The third-order valence-corrected chi connectivity index (χ3v) is 4.99. The SMILES string of the molecule is CC1(C)CC(Nc2nnc(CSc3ccncc3)o2)CC(C)(C)N1. The molecule has 2 aromatic rings. The quantitative estimate of drug-likeness (QED) is 0.802. The molecule has 0 aromatic carbocycles. The van der Waals surface area contributed by atoms with E-state index in [4.69, 9.17) is 4.42 Å². The number of rotatable bonds is 5. The summed E-state index contributed by atoms with van der Waals surface area (Å²) in [6.07, 6.45) is 5.59. The summed E-state index contributed by atoms with van der Waals surface area (Å²) in [5.74, 6) is 1.29. The number of pyridine rings is 1. The monoisotopic (exact) mass is 347 g/mol. The van der Waals surface area contributed by atoms with Crippen LogP contribution in [0.3, 0.4) is 0 Å². The van der Waals surface area contributed by atoms with Crippen LogP contribution >= 0.6 is 11.8 Å². The van der Waals surface area contributed by atoms with Gasteiger partial charge in [-0.15, -0.1) is 16.9 Å². The lowest BCUT2D eigenvalue weighted by Crippen LogP contribution is -2.60.